The first-order valence-corrected chi connectivity index (χ1v) is 7.99. The summed E-state index contributed by atoms with van der Waals surface area (Å²) in [6.45, 7) is 7.45. The van der Waals surface area contributed by atoms with Crippen LogP contribution in [0.2, 0.25) is 5.02 Å². The van der Waals surface area contributed by atoms with Crippen LogP contribution in [0.4, 0.5) is 0 Å². The zero-order chi connectivity index (χ0) is 15.4. The number of rotatable bonds is 7. The molecule has 0 aliphatic carbocycles. The molecule has 0 saturated heterocycles. The summed E-state index contributed by atoms with van der Waals surface area (Å²) >= 11 is 6.34. The summed E-state index contributed by atoms with van der Waals surface area (Å²) in [7, 11) is 1.97. The Bertz CT molecular complexity index is 592. The molecule has 0 radical (unpaired) electrons. The van der Waals surface area contributed by atoms with Crippen molar-refractivity contribution in [3.63, 3.8) is 0 Å². The van der Waals surface area contributed by atoms with Gasteiger partial charge in [-0.1, -0.05) is 25.4 Å². The normalized spacial score (nSPS) is 13.0. The third kappa shape index (κ3) is 4.14. The second-order valence-corrected chi connectivity index (χ2v) is 6.46. The van der Waals surface area contributed by atoms with Gasteiger partial charge >= 0.3 is 0 Å². The molecular weight excluding hydrogens is 284 g/mol. The van der Waals surface area contributed by atoms with E-state index in [1.54, 1.807) is 0 Å². The molecule has 2 aromatic rings. The molecule has 0 fully saturated rings. The van der Waals surface area contributed by atoms with Crippen LogP contribution in [0.25, 0.3) is 10.9 Å². The number of halogens is 1. The zero-order valence-corrected chi connectivity index (χ0v) is 14.1. The molecule has 1 aromatic heterocycles. The Kier molecular flexibility index (Phi) is 5.54. The average molecular weight is 309 g/mol. The molecule has 0 bridgehead atoms. The number of fused-ring (bicyclic) bond motifs is 1. The van der Waals surface area contributed by atoms with E-state index in [9.17, 15) is 0 Å². The first-order chi connectivity index (χ1) is 10.0. The van der Waals surface area contributed by atoms with Gasteiger partial charge in [0.1, 0.15) is 5.75 Å². The van der Waals surface area contributed by atoms with Crippen LogP contribution in [-0.2, 0) is 6.42 Å². The van der Waals surface area contributed by atoms with E-state index in [2.05, 4.69) is 43.3 Å². The van der Waals surface area contributed by atoms with Crippen molar-refractivity contribution in [3.8, 4) is 5.75 Å². The van der Waals surface area contributed by atoms with E-state index in [4.69, 9.17) is 16.3 Å². The number of likely N-dealkylation sites (N-methyl/N-ethyl adjacent to an activating group) is 1. The van der Waals surface area contributed by atoms with E-state index >= 15 is 0 Å². The number of benzene rings is 1. The molecule has 3 nitrogen and oxygen atoms in total. The lowest BCUT2D eigenvalue weighted by atomic mass is 10.1. The predicted molar refractivity (Wildman–Crippen MR) is 90.5 cm³/mol. The Morgan fingerprint density at radius 1 is 1.29 bits per heavy atom. The van der Waals surface area contributed by atoms with Crippen molar-refractivity contribution >= 4 is 22.5 Å². The van der Waals surface area contributed by atoms with Gasteiger partial charge in [-0.3, -0.25) is 0 Å². The summed E-state index contributed by atoms with van der Waals surface area (Å²) in [6.07, 6.45) is 4.23. The molecule has 2 N–H and O–H groups in total. The highest BCUT2D eigenvalue weighted by Gasteiger charge is 2.13. The van der Waals surface area contributed by atoms with Gasteiger partial charge in [0.2, 0.25) is 0 Å². The molecule has 1 atom stereocenters. The minimum atomic E-state index is 0.166. The van der Waals surface area contributed by atoms with Crippen molar-refractivity contribution < 1.29 is 4.74 Å². The number of hydrogen-bond donors (Lipinski definition) is 2. The minimum absolute atomic E-state index is 0.166. The second kappa shape index (κ2) is 7.19. The van der Waals surface area contributed by atoms with E-state index in [-0.39, 0.29) is 6.10 Å². The van der Waals surface area contributed by atoms with Crippen LogP contribution in [0.3, 0.4) is 0 Å². The number of aromatic amines is 1. The lowest BCUT2D eigenvalue weighted by Crippen LogP contribution is -2.14. The van der Waals surface area contributed by atoms with Gasteiger partial charge < -0.3 is 15.0 Å². The molecule has 1 heterocycles. The van der Waals surface area contributed by atoms with Crippen molar-refractivity contribution in [1.29, 1.82) is 0 Å². The van der Waals surface area contributed by atoms with Crippen molar-refractivity contribution in [2.75, 3.05) is 13.6 Å². The highest BCUT2D eigenvalue weighted by Crippen LogP contribution is 2.32. The monoisotopic (exact) mass is 308 g/mol. The third-order valence-electron chi connectivity index (χ3n) is 3.60. The Balaban J connectivity index is 2.24. The number of hydrogen-bond acceptors (Lipinski definition) is 2. The Morgan fingerprint density at radius 2 is 2.05 bits per heavy atom. The van der Waals surface area contributed by atoms with E-state index in [0.717, 1.165) is 30.7 Å². The van der Waals surface area contributed by atoms with Gasteiger partial charge in [-0.15, -0.1) is 0 Å². The van der Waals surface area contributed by atoms with E-state index in [1.807, 2.05) is 13.1 Å². The molecule has 0 saturated carbocycles. The Morgan fingerprint density at radius 3 is 2.71 bits per heavy atom. The third-order valence-corrected chi connectivity index (χ3v) is 3.89. The molecule has 1 aromatic carbocycles. The fraction of sp³-hybridized carbons (Fsp3) is 0.529. The molecular formula is C17H25ClN2O. The van der Waals surface area contributed by atoms with Crippen molar-refractivity contribution in [1.82, 2.24) is 10.3 Å². The maximum Gasteiger partial charge on any atom is 0.139 e. The lowest BCUT2D eigenvalue weighted by Gasteiger charge is -2.17. The number of nitrogens with one attached hydrogen (secondary N) is 2. The zero-order valence-electron chi connectivity index (χ0n) is 13.3. The summed E-state index contributed by atoms with van der Waals surface area (Å²) in [5, 5.41) is 5.04. The standard InChI is InChI=1S/C17H25ClN2O/c1-11(2)7-12(3)21-17-8-14-13(5-6-19-4)10-20-16(14)9-15(17)18/h8-12,19-20H,5-7H2,1-4H3. The van der Waals surface area contributed by atoms with Crippen LogP contribution < -0.4 is 10.1 Å². The smallest absolute Gasteiger partial charge is 0.139 e. The van der Waals surface area contributed by atoms with E-state index in [0.29, 0.717) is 10.9 Å². The van der Waals surface area contributed by atoms with Gasteiger partial charge in [0.25, 0.3) is 0 Å². The van der Waals surface area contributed by atoms with Crippen LogP contribution >= 0.6 is 11.6 Å². The highest BCUT2D eigenvalue weighted by atomic mass is 35.5. The van der Waals surface area contributed by atoms with Gasteiger partial charge in [0, 0.05) is 17.1 Å². The summed E-state index contributed by atoms with van der Waals surface area (Å²) in [5.74, 6) is 1.39. The van der Waals surface area contributed by atoms with Gasteiger partial charge in [-0.25, -0.2) is 0 Å². The maximum atomic E-state index is 6.34. The minimum Gasteiger partial charge on any atom is -0.489 e. The first-order valence-electron chi connectivity index (χ1n) is 7.62. The van der Waals surface area contributed by atoms with Crippen LogP contribution in [-0.4, -0.2) is 24.7 Å². The summed E-state index contributed by atoms with van der Waals surface area (Å²) in [4.78, 5) is 3.28. The number of H-pyrrole nitrogens is 1. The molecule has 4 heteroatoms. The van der Waals surface area contributed by atoms with Crippen LogP contribution in [0.15, 0.2) is 18.3 Å². The van der Waals surface area contributed by atoms with Crippen LogP contribution in [0.5, 0.6) is 5.75 Å². The summed E-state index contributed by atoms with van der Waals surface area (Å²) in [6, 6.07) is 4.02. The van der Waals surface area contributed by atoms with Crippen LogP contribution in [0, 0.1) is 5.92 Å². The summed E-state index contributed by atoms with van der Waals surface area (Å²) in [5.41, 5.74) is 2.35. The average Bonchev–Trinajstić information content (AvgIpc) is 2.78. The largest absolute Gasteiger partial charge is 0.489 e. The predicted octanol–water partition coefficient (Wildman–Crippen LogP) is 4.40. The van der Waals surface area contributed by atoms with Crippen molar-refractivity contribution in [2.45, 2.75) is 39.7 Å². The first kappa shape index (κ1) is 16.2. The molecule has 0 aliphatic heterocycles. The lowest BCUT2D eigenvalue weighted by molar-refractivity contribution is 0.193. The molecule has 0 amide bonds. The molecule has 116 valence electrons. The Labute approximate surface area is 132 Å². The molecule has 21 heavy (non-hydrogen) atoms. The summed E-state index contributed by atoms with van der Waals surface area (Å²) < 4.78 is 6.03. The Hall–Kier alpha value is -1.19. The number of aromatic nitrogens is 1. The maximum absolute atomic E-state index is 6.34. The van der Waals surface area contributed by atoms with Crippen LogP contribution in [0.1, 0.15) is 32.8 Å². The number of ether oxygens (including phenoxy) is 1. The second-order valence-electron chi connectivity index (χ2n) is 6.05. The topological polar surface area (TPSA) is 37.0 Å². The molecule has 0 aliphatic rings. The van der Waals surface area contributed by atoms with E-state index < -0.39 is 0 Å². The van der Waals surface area contributed by atoms with E-state index in [1.165, 1.54) is 10.9 Å². The van der Waals surface area contributed by atoms with Gasteiger partial charge in [0.05, 0.1) is 11.1 Å². The fourth-order valence-electron chi connectivity index (χ4n) is 2.67. The molecule has 2 rings (SSSR count). The fourth-order valence-corrected chi connectivity index (χ4v) is 2.87. The van der Waals surface area contributed by atoms with Gasteiger partial charge in [-0.2, -0.15) is 0 Å². The molecule has 0 spiro atoms. The van der Waals surface area contributed by atoms with Crippen molar-refractivity contribution in [3.05, 3.63) is 28.9 Å². The van der Waals surface area contributed by atoms with Gasteiger partial charge in [0.15, 0.2) is 0 Å². The molecule has 1 unspecified atom stereocenters. The van der Waals surface area contributed by atoms with Crippen molar-refractivity contribution in [2.24, 2.45) is 5.92 Å². The SMILES string of the molecule is CNCCc1c[nH]c2cc(Cl)c(OC(C)CC(C)C)cc12. The van der Waals surface area contributed by atoms with Gasteiger partial charge in [-0.05, 0) is 57.0 Å². The highest BCUT2D eigenvalue weighted by molar-refractivity contribution is 6.32. The quantitative estimate of drug-likeness (QED) is 0.795.